The van der Waals surface area contributed by atoms with Gasteiger partial charge in [-0.15, -0.1) is 0 Å². The molecule has 1 aromatic heterocycles. The maximum absolute atomic E-state index is 11.4. The zero-order valence-corrected chi connectivity index (χ0v) is 17.5. The Kier molecular flexibility index (Phi) is 5.22. The summed E-state index contributed by atoms with van der Waals surface area (Å²) in [5.41, 5.74) is 2.73. The highest BCUT2D eigenvalue weighted by Crippen LogP contribution is 2.44. The fourth-order valence-electron chi connectivity index (χ4n) is 3.74. The van der Waals surface area contributed by atoms with Crippen LogP contribution in [0.2, 0.25) is 0 Å². The number of aromatic nitrogens is 3. The van der Waals surface area contributed by atoms with Gasteiger partial charge in [-0.2, -0.15) is 5.10 Å². The van der Waals surface area contributed by atoms with Crippen LogP contribution in [0.4, 0.5) is 0 Å². The number of ether oxygens (including phenoxy) is 3. The molecule has 7 heteroatoms. The number of hydrogen-bond donors (Lipinski definition) is 1. The van der Waals surface area contributed by atoms with Crippen molar-refractivity contribution in [1.29, 1.82) is 0 Å². The van der Waals surface area contributed by atoms with Crippen LogP contribution in [0.15, 0.2) is 49.1 Å². The average molecular weight is 407 g/mol. The van der Waals surface area contributed by atoms with Crippen molar-refractivity contribution >= 4 is 11.8 Å². The summed E-state index contributed by atoms with van der Waals surface area (Å²) < 4.78 is 18.6. The van der Waals surface area contributed by atoms with E-state index in [0.29, 0.717) is 22.8 Å². The molecule has 1 aliphatic heterocycles. The Morgan fingerprint density at radius 2 is 1.97 bits per heavy atom. The van der Waals surface area contributed by atoms with Crippen LogP contribution < -0.4 is 14.2 Å². The average Bonchev–Trinajstić information content (AvgIpc) is 3.37. The lowest BCUT2D eigenvalue weighted by Gasteiger charge is -2.19. The Labute approximate surface area is 175 Å². The Balaban J connectivity index is 1.81. The van der Waals surface area contributed by atoms with Gasteiger partial charge in [0.25, 0.3) is 0 Å². The third-order valence-corrected chi connectivity index (χ3v) is 5.09. The Hall–Kier alpha value is -3.32. The van der Waals surface area contributed by atoms with Crippen molar-refractivity contribution in [3.05, 3.63) is 65.7 Å². The highest BCUT2D eigenvalue weighted by molar-refractivity contribution is 5.76. The summed E-state index contributed by atoms with van der Waals surface area (Å²) in [6.07, 6.45) is 4.59. The topological polar surface area (TPSA) is 78.6 Å². The van der Waals surface area contributed by atoms with Crippen molar-refractivity contribution in [2.45, 2.75) is 32.0 Å². The van der Waals surface area contributed by atoms with Crippen LogP contribution in [0, 0.1) is 0 Å². The molecule has 2 heterocycles. The monoisotopic (exact) mass is 407 g/mol. The molecule has 0 radical (unpaired) electrons. The Morgan fingerprint density at radius 3 is 2.67 bits per heavy atom. The smallest absolute Gasteiger partial charge is 0.165 e. The van der Waals surface area contributed by atoms with Crippen LogP contribution in [-0.2, 0) is 6.42 Å². The van der Waals surface area contributed by atoms with Gasteiger partial charge in [0.15, 0.2) is 11.5 Å². The summed E-state index contributed by atoms with van der Waals surface area (Å²) in [7, 11) is 3.22. The summed E-state index contributed by atoms with van der Waals surface area (Å²) in [5, 5.41) is 15.6. The standard InChI is InChI=1S/C23H25N3O4/c1-23(2)12-17-9-16(11-20(29-4)22(17)30-23)21(27)18(26-14-24-13-25-26)10-15-7-5-6-8-19(15)28-3/h5-11,13-14,21,27H,12H2,1-4H3/b18-10-. The zero-order valence-electron chi connectivity index (χ0n) is 17.5. The van der Waals surface area contributed by atoms with Gasteiger partial charge in [-0.25, -0.2) is 9.67 Å². The molecule has 0 saturated carbocycles. The van der Waals surface area contributed by atoms with E-state index in [1.165, 1.54) is 6.33 Å². The molecule has 0 aliphatic carbocycles. The third kappa shape index (κ3) is 3.76. The van der Waals surface area contributed by atoms with Gasteiger partial charge >= 0.3 is 0 Å². The molecule has 3 aromatic rings. The van der Waals surface area contributed by atoms with Crippen LogP contribution in [0.3, 0.4) is 0 Å². The van der Waals surface area contributed by atoms with E-state index in [0.717, 1.165) is 23.3 Å². The fourth-order valence-corrected chi connectivity index (χ4v) is 3.74. The van der Waals surface area contributed by atoms with Crippen molar-refractivity contribution in [3.63, 3.8) is 0 Å². The van der Waals surface area contributed by atoms with E-state index in [1.54, 1.807) is 31.3 Å². The molecule has 0 spiro atoms. The first-order chi connectivity index (χ1) is 14.4. The second-order valence-corrected chi connectivity index (χ2v) is 7.80. The zero-order chi connectivity index (χ0) is 21.3. The van der Waals surface area contributed by atoms with Crippen molar-refractivity contribution in [2.24, 2.45) is 0 Å². The van der Waals surface area contributed by atoms with E-state index in [-0.39, 0.29) is 5.60 Å². The van der Waals surface area contributed by atoms with E-state index in [1.807, 2.05) is 50.3 Å². The van der Waals surface area contributed by atoms with E-state index in [4.69, 9.17) is 14.2 Å². The number of benzene rings is 2. The summed E-state index contributed by atoms with van der Waals surface area (Å²) in [6.45, 7) is 4.07. The molecule has 1 atom stereocenters. The van der Waals surface area contributed by atoms with Crippen molar-refractivity contribution in [3.8, 4) is 17.2 Å². The molecule has 1 N–H and O–H groups in total. The lowest BCUT2D eigenvalue weighted by molar-refractivity contribution is 0.134. The summed E-state index contributed by atoms with van der Waals surface area (Å²) in [5.74, 6) is 2.03. The molecular formula is C23H25N3O4. The van der Waals surface area contributed by atoms with Gasteiger partial charge in [0, 0.05) is 17.5 Å². The molecule has 0 saturated heterocycles. The van der Waals surface area contributed by atoms with Crippen molar-refractivity contribution in [1.82, 2.24) is 14.8 Å². The largest absolute Gasteiger partial charge is 0.496 e. The predicted octanol–water partition coefficient (Wildman–Crippen LogP) is 3.74. The number of methoxy groups -OCH3 is 2. The molecule has 0 bridgehead atoms. The first-order valence-electron chi connectivity index (χ1n) is 9.69. The van der Waals surface area contributed by atoms with E-state index in [2.05, 4.69) is 10.1 Å². The second-order valence-electron chi connectivity index (χ2n) is 7.80. The van der Waals surface area contributed by atoms with Gasteiger partial charge in [-0.3, -0.25) is 0 Å². The molecule has 156 valence electrons. The minimum Gasteiger partial charge on any atom is -0.496 e. The molecule has 0 fully saturated rings. The molecule has 4 rings (SSSR count). The van der Waals surface area contributed by atoms with E-state index in [9.17, 15) is 5.11 Å². The number of hydrogen-bond acceptors (Lipinski definition) is 6. The lowest BCUT2D eigenvalue weighted by atomic mass is 9.96. The van der Waals surface area contributed by atoms with Gasteiger partial charge < -0.3 is 19.3 Å². The fraction of sp³-hybridized carbons (Fsp3) is 0.304. The summed E-state index contributed by atoms with van der Waals surface area (Å²) >= 11 is 0. The highest BCUT2D eigenvalue weighted by Gasteiger charge is 2.34. The highest BCUT2D eigenvalue weighted by atomic mass is 16.5. The number of fused-ring (bicyclic) bond motifs is 1. The van der Waals surface area contributed by atoms with E-state index < -0.39 is 6.10 Å². The number of rotatable bonds is 6. The number of para-hydroxylation sites is 1. The Bertz CT molecular complexity index is 1070. The number of aliphatic hydroxyl groups excluding tert-OH is 1. The number of nitrogens with zero attached hydrogens (tertiary/aromatic N) is 3. The Morgan fingerprint density at radius 1 is 1.20 bits per heavy atom. The normalized spacial score (nSPS) is 16.0. The van der Waals surface area contributed by atoms with Crippen LogP contribution in [0.25, 0.3) is 11.8 Å². The number of aliphatic hydroxyl groups is 1. The maximum Gasteiger partial charge on any atom is 0.165 e. The third-order valence-electron chi connectivity index (χ3n) is 5.09. The van der Waals surface area contributed by atoms with Crippen molar-refractivity contribution in [2.75, 3.05) is 14.2 Å². The van der Waals surface area contributed by atoms with Gasteiger partial charge in [-0.1, -0.05) is 18.2 Å². The van der Waals surface area contributed by atoms with Crippen LogP contribution in [0.5, 0.6) is 17.2 Å². The van der Waals surface area contributed by atoms with Gasteiger partial charge in [-0.05, 0) is 43.7 Å². The molecule has 30 heavy (non-hydrogen) atoms. The lowest BCUT2D eigenvalue weighted by Crippen LogP contribution is -2.24. The van der Waals surface area contributed by atoms with Crippen molar-refractivity contribution < 1.29 is 19.3 Å². The van der Waals surface area contributed by atoms with Crippen LogP contribution >= 0.6 is 0 Å². The second kappa shape index (κ2) is 7.84. The summed E-state index contributed by atoms with van der Waals surface area (Å²) in [6, 6.07) is 11.4. The maximum atomic E-state index is 11.4. The molecular weight excluding hydrogens is 382 g/mol. The first-order valence-corrected chi connectivity index (χ1v) is 9.69. The van der Waals surface area contributed by atoms with Gasteiger partial charge in [0.1, 0.15) is 30.1 Å². The molecule has 0 amide bonds. The van der Waals surface area contributed by atoms with Crippen LogP contribution in [-0.4, -0.2) is 39.7 Å². The summed E-state index contributed by atoms with van der Waals surface area (Å²) in [4.78, 5) is 4.04. The van der Waals surface area contributed by atoms with E-state index >= 15 is 0 Å². The minimum atomic E-state index is -0.973. The van der Waals surface area contributed by atoms with Crippen LogP contribution in [0.1, 0.15) is 36.6 Å². The first kappa shape index (κ1) is 20.0. The van der Waals surface area contributed by atoms with Gasteiger partial charge in [0.2, 0.25) is 0 Å². The van der Waals surface area contributed by atoms with Gasteiger partial charge in [0.05, 0.1) is 19.9 Å². The molecule has 1 aliphatic rings. The quantitative estimate of drug-likeness (QED) is 0.671. The molecule has 7 nitrogen and oxygen atoms in total. The molecule has 1 unspecified atom stereocenters. The predicted molar refractivity (Wildman–Crippen MR) is 114 cm³/mol. The minimum absolute atomic E-state index is 0.318. The SMILES string of the molecule is COc1ccccc1/C=C(/C(O)c1cc2c(c(OC)c1)OC(C)(C)C2)n1cncn1. The molecule has 2 aromatic carbocycles.